The van der Waals surface area contributed by atoms with Gasteiger partial charge in [-0.05, 0) is 124 Å². The average Bonchev–Trinajstić information content (AvgIpc) is 3.22. The number of hydrogen-bond donors (Lipinski definition) is 0. The van der Waals surface area contributed by atoms with Crippen LogP contribution in [0.3, 0.4) is 0 Å². The van der Waals surface area contributed by atoms with Crippen LogP contribution < -0.4 is 20.1 Å². The first-order chi connectivity index (χ1) is 27.2. The molecule has 0 amide bonds. The summed E-state index contributed by atoms with van der Waals surface area (Å²) >= 11 is 14.7. The van der Waals surface area contributed by atoms with Crippen LogP contribution in [0.15, 0.2) is 24.3 Å². The van der Waals surface area contributed by atoms with E-state index in [9.17, 15) is 9.59 Å². The molecule has 0 aliphatic heterocycles. The number of hydrogen-bond acceptors (Lipinski definition) is 6. The number of rotatable bonds is 15. The van der Waals surface area contributed by atoms with Gasteiger partial charge in [0.25, 0.3) is 0 Å². The molecule has 0 unspecified atom stereocenters. The molecule has 0 saturated heterocycles. The first-order valence-corrected chi connectivity index (χ1v) is 25.8. The number of carbonyl (C=O) groups excluding carboxylic acids is 2. The van der Waals surface area contributed by atoms with Crippen molar-refractivity contribution in [3.8, 4) is 22.6 Å². The molecule has 0 N–H and O–H groups in total. The van der Waals surface area contributed by atoms with E-state index >= 15 is 0 Å². The van der Waals surface area contributed by atoms with Gasteiger partial charge in [0.1, 0.15) is 11.5 Å². The second-order valence-electron chi connectivity index (χ2n) is 16.5. The Morgan fingerprint density at radius 3 is 1.09 bits per heavy atom. The summed E-state index contributed by atoms with van der Waals surface area (Å²) in [5.41, 5.74) is 4.19. The number of carbonyl (C=O) groups is 2. The molecule has 6 rings (SSSR count). The molecular formula is C46H66Cl2O6P2. The van der Waals surface area contributed by atoms with Crippen LogP contribution >= 0.6 is 39.0 Å². The van der Waals surface area contributed by atoms with Gasteiger partial charge >= 0.3 is 11.9 Å². The van der Waals surface area contributed by atoms with Crippen molar-refractivity contribution in [2.75, 3.05) is 13.2 Å². The topological polar surface area (TPSA) is 71.1 Å². The van der Waals surface area contributed by atoms with Gasteiger partial charge in [0.2, 0.25) is 0 Å². The minimum absolute atomic E-state index is 0.261. The second kappa shape index (κ2) is 21.6. The third-order valence-electron chi connectivity index (χ3n) is 12.7. The lowest BCUT2D eigenvalue weighted by atomic mass is 9.99. The Balaban J connectivity index is 1.68. The van der Waals surface area contributed by atoms with E-state index in [-0.39, 0.29) is 13.2 Å². The first kappa shape index (κ1) is 44.0. The summed E-state index contributed by atoms with van der Waals surface area (Å²) in [4.78, 5) is 26.7. The Bertz CT molecular complexity index is 1440. The summed E-state index contributed by atoms with van der Waals surface area (Å²) in [5, 5.41) is 3.48. The fraction of sp³-hybridized carbons (Fsp3) is 0.696. The molecule has 2 aromatic rings. The summed E-state index contributed by atoms with van der Waals surface area (Å²) in [7, 11) is -1.34. The molecule has 56 heavy (non-hydrogen) atoms. The van der Waals surface area contributed by atoms with E-state index in [4.69, 9.17) is 42.1 Å². The molecule has 0 heterocycles. The van der Waals surface area contributed by atoms with Crippen LogP contribution in [0, 0.1) is 0 Å². The van der Waals surface area contributed by atoms with Crippen LogP contribution in [0.5, 0.6) is 11.5 Å². The van der Waals surface area contributed by atoms with Crippen molar-refractivity contribution in [1.29, 1.82) is 0 Å². The van der Waals surface area contributed by atoms with Gasteiger partial charge in [-0.15, -0.1) is 0 Å². The van der Waals surface area contributed by atoms with Gasteiger partial charge in [-0.2, -0.15) is 0 Å². The van der Waals surface area contributed by atoms with E-state index in [1.165, 1.54) is 139 Å². The van der Waals surface area contributed by atoms with Crippen molar-refractivity contribution in [2.24, 2.45) is 0 Å². The maximum atomic E-state index is 13.3. The molecule has 0 bridgehead atoms. The molecule has 4 aliphatic carbocycles. The van der Waals surface area contributed by atoms with Crippen LogP contribution in [-0.4, -0.2) is 60.0 Å². The predicted molar refractivity (Wildman–Crippen MR) is 236 cm³/mol. The van der Waals surface area contributed by atoms with Crippen molar-refractivity contribution < 1.29 is 28.5 Å². The summed E-state index contributed by atoms with van der Waals surface area (Å²) in [6, 6.07) is 8.60. The fourth-order valence-electron chi connectivity index (χ4n) is 10.0. The highest BCUT2D eigenvalue weighted by molar-refractivity contribution is 7.68. The lowest BCUT2D eigenvalue weighted by Gasteiger charge is -2.42. The van der Waals surface area contributed by atoms with E-state index < -0.39 is 40.0 Å². The van der Waals surface area contributed by atoms with E-state index in [2.05, 4.69) is 12.1 Å². The monoisotopic (exact) mass is 846 g/mol. The predicted octanol–water partition coefficient (Wildman–Crippen LogP) is 12.9. The minimum atomic E-state index is -0.888. The largest absolute Gasteiger partial charge is 0.477 e. The maximum Gasteiger partial charge on any atom is 0.347 e. The number of halogens is 2. The zero-order valence-corrected chi connectivity index (χ0v) is 37.7. The molecular weight excluding hydrogens is 781 g/mol. The van der Waals surface area contributed by atoms with Gasteiger partial charge in [-0.25, -0.2) is 9.59 Å². The van der Waals surface area contributed by atoms with Crippen LogP contribution in [0.25, 0.3) is 11.1 Å². The minimum Gasteiger partial charge on any atom is -0.477 e. The van der Waals surface area contributed by atoms with E-state index in [0.29, 0.717) is 44.2 Å². The highest BCUT2D eigenvalue weighted by atomic mass is 35.5. The Hall–Kier alpha value is -1.58. The van der Waals surface area contributed by atoms with Gasteiger partial charge in [0.15, 0.2) is 12.2 Å². The summed E-state index contributed by atoms with van der Waals surface area (Å²) in [5.74, 6) is 0.158. The zero-order chi connectivity index (χ0) is 39.6. The molecule has 4 saturated carbocycles. The van der Waals surface area contributed by atoms with Crippen LogP contribution in [0.2, 0.25) is 10.0 Å². The lowest BCUT2D eigenvalue weighted by molar-refractivity contribution is -0.151. The van der Waals surface area contributed by atoms with Gasteiger partial charge in [0, 0.05) is 11.1 Å². The van der Waals surface area contributed by atoms with Gasteiger partial charge < -0.3 is 18.9 Å². The molecule has 2 atom stereocenters. The van der Waals surface area contributed by atoms with Crippen LogP contribution in [-0.2, 0) is 19.1 Å². The number of esters is 2. The van der Waals surface area contributed by atoms with E-state index in [0.717, 1.165) is 11.1 Å². The molecule has 0 radical (unpaired) electrons. The Morgan fingerprint density at radius 1 is 0.536 bits per heavy atom. The quantitative estimate of drug-likeness (QED) is 0.131. The van der Waals surface area contributed by atoms with Crippen molar-refractivity contribution >= 4 is 61.6 Å². The Kier molecular flexibility index (Phi) is 17.0. The molecule has 4 fully saturated rings. The Labute approximate surface area is 349 Å². The molecule has 6 nitrogen and oxygen atoms in total. The van der Waals surface area contributed by atoms with Crippen molar-refractivity contribution in [3.63, 3.8) is 0 Å². The van der Waals surface area contributed by atoms with Crippen LogP contribution in [0.1, 0.15) is 156 Å². The van der Waals surface area contributed by atoms with Crippen molar-refractivity contribution in [2.45, 2.75) is 191 Å². The SMILES string of the molecule is CCOC(=O)[C@H](C)Oc1c(Cl)ccc(P(C2CCCCC2)C2CCCCC2)c1-c1c(P(C2CCCCC2)C2CCCCC2)ccc(Cl)c1O[C@H](C)C(=O)OCC. The first-order valence-electron chi connectivity index (χ1n) is 22.1. The zero-order valence-electron chi connectivity index (χ0n) is 34.4. The highest BCUT2D eigenvalue weighted by Crippen LogP contribution is 2.61. The molecule has 10 heteroatoms. The molecule has 0 aromatic heterocycles. The van der Waals surface area contributed by atoms with Crippen molar-refractivity contribution in [1.82, 2.24) is 0 Å². The van der Waals surface area contributed by atoms with Crippen LogP contribution in [0.4, 0.5) is 0 Å². The third kappa shape index (κ3) is 10.6. The number of benzene rings is 2. The average molecular weight is 848 g/mol. The smallest absolute Gasteiger partial charge is 0.347 e. The highest BCUT2D eigenvalue weighted by Gasteiger charge is 2.41. The van der Waals surface area contributed by atoms with Crippen molar-refractivity contribution in [3.05, 3.63) is 34.3 Å². The third-order valence-corrected chi connectivity index (χ3v) is 20.3. The molecule has 0 spiro atoms. The molecule has 310 valence electrons. The van der Waals surface area contributed by atoms with E-state index in [1.54, 1.807) is 13.8 Å². The standard InChI is InChI=1S/C46H66Cl2O6P2/c1-5-51-45(49)31(3)53-43-37(47)27-29-39(55(33-19-11-7-12-20-33)34-21-13-8-14-22-34)41(43)42-40(30-28-38(48)44(42)54-32(4)46(50)52-6-2)56(35-23-15-9-16-24-35)36-25-17-10-18-26-36/h27-36H,5-26H2,1-4H3/t31-,32+. The lowest BCUT2D eigenvalue weighted by Crippen LogP contribution is -2.32. The summed E-state index contributed by atoms with van der Waals surface area (Å²) in [6.45, 7) is 7.67. The maximum absolute atomic E-state index is 13.3. The summed E-state index contributed by atoms with van der Waals surface area (Å²) in [6.07, 6.45) is 23.2. The van der Waals surface area contributed by atoms with Gasteiger partial charge in [-0.3, -0.25) is 0 Å². The normalized spacial score (nSPS) is 20.5. The molecule has 2 aromatic carbocycles. The Morgan fingerprint density at radius 2 is 0.821 bits per heavy atom. The van der Waals surface area contributed by atoms with Gasteiger partial charge in [-0.1, -0.05) is 128 Å². The molecule has 4 aliphatic rings. The number of ether oxygens (including phenoxy) is 4. The second-order valence-corrected chi connectivity index (χ2v) is 22.9. The summed E-state index contributed by atoms with van der Waals surface area (Å²) < 4.78 is 24.7. The van der Waals surface area contributed by atoms with Gasteiger partial charge in [0.05, 0.1) is 23.3 Å². The van der Waals surface area contributed by atoms with E-state index in [1.807, 2.05) is 26.0 Å². The fourth-order valence-corrected chi connectivity index (χ4v) is 18.3.